The highest BCUT2D eigenvalue weighted by Gasteiger charge is 2.19. The summed E-state index contributed by atoms with van der Waals surface area (Å²) in [5, 5.41) is 4.06. The van der Waals surface area contributed by atoms with Gasteiger partial charge in [-0.3, -0.25) is 4.79 Å². The number of hydrogen-bond acceptors (Lipinski definition) is 2. The molecule has 1 unspecified atom stereocenters. The van der Waals surface area contributed by atoms with Crippen LogP contribution in [0.2, 0.25) is 10.0 Å². The van der Waals surface area contributed by atoms with Crippen molar-refractivity contribution in [2.75, 3.05) is 6.54 Å². The summed E-state index contributed by atoms with van der Waals surface area (Å²) in [5.41, 5.74) is 6.63. The van der Waals surface area contributed by atoms with Gasteiger partial charge in [0.25, 0.3) is 0 Å². The van der Waals surface area contributed by atoms with Crippen LogP contribution in [0.4, 0.5) is 0 Å². The summed E-state index contributed by atoms with van der Waals surface area (Å²) in [6.45, 7) is 6.26. The minimum atomic E-state index is -0.492. The minimum Gasteiger partial charge on any atom is -0.354 e. The van der Waals surface area contributed by atoms with E-state index in [4.69, 9.17) is 28.9 Å². The second-order valence-corrected chi connectivity index (χ2v) is 5.87. The lowest BCUT2D eigenvalue weighted by molar-refractivity contribution is -0.123. The maximum Gasteiger partial charge on any atom is 0.237 e. The molecule has 19 heavy (non-hydrogen) atoms. The molecule has 0 aliphatic heterocycles. The Balaban J connectivity index is 2.66. The Morgan fingerprint density at radius 2 is 1.79 bits per heavy atom. The first-order chi connectivity index (χ1) is 8.84. The zero-order chi connectivity index (χ0) is 14.6. The molecule has 0 heterocycles. The topological polar surface area (TPSA) is 55.1 Å². The van der Waals surface area contributed by atoms with Gasteiger partial charge in [0.15, 0.2) is 0 Å². The van der Waals surface area contributed by atoms with Gasteiger partial charge < -0.3 is 11.1 Å². The zero-order valence-electron chi connectivity index (χ0n) is 11.4. The Morgan fingerprint density at radius 3 is 2.26 bits per heavy atom. The van der Waals surface area contributed by atoms with Crippen LogP contribution in [0.25, 0.3) is 0 Å². The summed E-state index contributed by atoms with van der Waals surface area (Å²) in [5.74, 6) is -0.00579. The molecule has 0 radical (unpaired) electrons. The van der Waals surface area contributed by atoms with E-state index in [-0.39, 0.29) is 17.7 Å². The maximum atomic E-state index is 11.8. The number of amides is 1. The van der Waals surface area contributed by atoms with Crippen molar-refractivity contribution >= 4 is 29.1 Å². The van der Waals surface area contributed by atoms with Crippen LogP contribution >= 0.6 is 23.2 Å². The first kappa shape index (κ1) is 16.3. The van der Waals surface area contributed by atoms with E-state index in [9.17, 15) is 4.79 Å². The SMILES string of the molecule is CC(CNC(=O)[C@@H](N)C(C)C)c1c(Cl)cccc1Cl. The van der Waals surface area contributed by atoms with Gasteiger partial charge in [0, 0.05) is 22.5 Å². The number of halogens is 2. The molecule has 0 aliphatic carbocycles. The van der Waals surface area contributed by atoms with Crippen molar-refractivity contribution in [2.24, 2.45) is 11.7 Å². The molecular formula is C14H20Cl2N2O. The lowest BCUT2D eigenvalue weighted by Crippen LogP contribution is -2.44. The van der Waals surface area contributed by atoms with E-state index in [1.165, 1.54) is 0 Å². The quantitative estimate of drug-likeness (QED) is 0.877. The predicted octanol–water partition coefficient (Wildman–Crippen LogP) is 3.20. The smallest absolute Gasteiger partial charge is 0.237 e. The molecule has 106 valence electrons. The molecule has 1 aromatic carbocycles. The van der Waals surface area contributed by atoms with Crippen LogP contribution in [0.5, 0.6) is 0 Å². The molecule has 3 nitrogen and oxygen atoms in total. The van der Waals surface area contributed by atoms with Crippen LogP contribution in [0.3, 0.4) is 0 Å². The van der Waals surface area contributed by atoms with Crippen LogP contribution < -0.4 is 11.1 Å². The molecule has 1 rings (SSSR count). The number of nitrogens with two attached hydrogens (primary N) is 1. The summed E-state index contributed by atoms with van der Waals surface area (Å²) in [4.78, 5) is 11.8. The molecular weight excluding hydrogens is 283 g/mol. The fourth-order valence-corrected chi connectivity index (χ4v) is 2.53. The molecule has 0 aromatic heterocycles. The van der Waals surface area contributed by atoms with E-state index in [1.807, 2.05) is 20.8 Å². The van der Waals surface area contributed by atoms with Gasteiger partial charge in [-0.2, -0.15) is 0 Å². The van der Waals surface area contributed by atoms with Crippen LogP contribution in [-0.2, 0) is 4.79 Å². The van der Waals surface area contributed by atoms with Crippen molar-refractivity contribution in [1.82, 2.24) is 5.32 Å². The van der Waals surface area contributed by atoms with Gasteiger partial charge in [0.05, 0.1) is 6.04 Å². The molecule has 5 heteroatoms. The van der Waals surface area contributed by atoms with Gasteiger partial charge in [-0.25, -0.2) is 0 Å². The van der Waals surface area contributed by atoms with Crippen molar-refractivity contribution in [2.45, 2.75) is 32.7 Å². The zero-order valence-corrected chi connectivity index (χ0v) is 12.9. The average molecular weight is 303 g/mol. The van der Waals surface area contributed by atoms with Crippen molar-refractivity contribution in [3.05, 3.63) is 33.8 Å². The first-order valence-electron chi connectivity index (χ1n) is 6.31. The van der Waals surface area contributed by atoms with E-state index in [0.29, 0.717) is 16.6 Å². The highest BCUT2D eigenvalue weighted by molar-refractivity contribution is 6.36. The van der Waals surface area contributed by atoms with Crippen molar-refractivity contribution < 1.29 is 4.79 Å². The van der Waals surface area contributed by atoms with Gasteiger partial charge in [-0.15, -0.1) is 0 Å². The number of benzene rings is 1. The van der Waals surface area contributed by atoms with E-state index < -0.39 is 6.04 Å². The summed E-state index contributed by atoms with van der Waals surface area (Å²) in [7, 11) is 0. The summed E-state index contributed by atoms with van der Waals surface area (Å²) >= 11 is 12.3. The lowest BCUT2D eigenvalue weighted by atomic mass is 10.00. The van der Waals surface area contributed by atoms with Crippen LogP contribution in [0, 0.1) is 5.92 Å². The molecule has 1 aromatic rings. The van der Waals surface area contributed by atoms with Gasteiger partial charge in [-0.05, 0) is 23.6 Å². The standard InChI is InChI=1S/C14H20Cl2N2O/c1-8(2)13(17)14(19)18-7-9(3)12-10(15)5-4-6-11(12)16/h4-6,8-9,13H,7,17H2,1-3H3,(H,18,19)/t9?,13-/m0/s1. The fourth-order valence-electron chi connectivity index (χ4n) is 1.76. The summed E-state index contributed by atoms with van der Waals surface area (Å²) in [6.07, 6.45) is 0. The molecule has 0 spiro atoms. The number of nitrogens with one attached hydrogen (secondary N) is 1. The molecule has 2 atom stereocenters. The molecule has 0 fully saturated rings. The molecule has 0 aliphatic rings. The third-order valence-corrected chi connectivity index (χ3v) is 3.76. The highest BCUT2D eigenvalue weighted by atomic mass is 35.5. The third-order valence-electron chi connectivity index (χ3n) is 3.10. The Bertz CT molecular complexity index is 429. The van der Waals surface area contributed by atoms with E-state index in [2.05, 4.69) is 5.32 Å². The third kappa shape index (κ3) is 4.37. The molecule has 0 saturated heterocycles. The number of carbonyl (C=O) groups excluding carboxylic acids is 1. The average Bonchev–Trinajstić information content (AvgIpc) is 2.34. The van der Waals surface area contributed by atoms with E-state index >= 15 is 0 Å². The van der Waals surface area contributed by atoms with Crippen LogP contribution in [-0.4, -0.2) is 18.5 Å². The van der Waals surface area contributed by atoms with Crippen molar-refractivity contribution in [3.63, 3.8) is 0 Å². The fraction of sp³-hybridized carbons (Fsp3) is 0.500. The number of hydrogen-bond donors (Lipinski definition) is 2. The van der Waals surface area contributed by atoms with Gasteiger partial charge in [-0.1, -0.05) is 50.0 Å². The Kier molecular flexibility index (Phi) is 6.11. The Morgan fingerprint density at radius 1 is 1.26 bits per heavy atom. The summed E-state index contributed by atoms with van der Waals surface area (Å²) in [6, 6.07) is 4.89. The summed E-state index contributed by atoms with van der Waals surface area (Å²) < 4.78 is 0. The van der Waals surface area contributed by atoms with Crippen molar-refractivity contribution in [3.8, 4) is 0 Å². The monoisotopic (exact) mass is 302 g/mol. The van der Waals surface area contributed by atoms with Gasteiger partial charge in [0.1, 0.15) is 0 Å². The minimum absolute atomic E-state index is 0.0320. The normalized spacial score (nSPS) is 14.3. The van der Waals surface area contributed by atoms with Gasteiger partial charge in [0.2, 0.25) is 5.91 Å². The second kappa shape index (κ2) is 7.13. The number of rotatable bonds is 5. The molecule has 1 amide bonds. The molecule has 0 saturated carbocycles. The highest BCUT2D eigenvalue weighted by Crippen LogP contribution is 2.30. The molecule has 3 N–H and O–H groups in total. The first-order valence-corrected chi connectivity index (χ1v) is 7.07. The second-order valence-electron chi connectivity index (χ2n) is 5.05. The van der Waals surface area contributed by atoms with E-state index in [1.54, 1.807) is 18.2 Å². The lowest BCUT2D eigenvalue weighted by Gasteiger charge is -2.19. The Hall–Kier alpha value is -0.770. The Labute approximate surface area is 124 Å². The van der Waals surface area contributed by atoms with Gasteiger partial charge >= 0.3 is 0 Å². The maximum absolute atomic E-state index is 11.8. The van der Waals surface area contributed by atoms with Crippen LogP contribution in [0.1, 0.15) is 32.3 Å². The van der Waals surface area contributed by atoms with Crippen molar-refractivity contribution in [1.29, 1.82) is 0 Å². The number of carbonyl (C=O) groups is 1. The molecule has 0 bridgehead atoms. The predicted molar refractivity (Wildman–Crippen MR) is 80.7 cm³/mol. The largest absolute Gasteiger partial charge is 0.354 e. The van der Waals surface area contributed by atoms with E-state index in [0.717, 1.165) is 5.56 Å². The van der Waals surface area contributed by atoms with Crippen LogP contribution in [0.15, 0.2) is 18.2 Å².